The van der Waals surface area contributed by atoms with Gasteiger partial charge in [0.15, 0.2) is 0 Å². The summed E-state index contributed by atoms with van der Waals surface area (Å²) in [6.07, 6.45) is 2.40. The lowest BCUT2D eigenvalue weighted by Gasteiger charge is -2.18. The number of hydrogen-bond donors (Lipinski definition) is 0. The Morgan fingerprint density at radius 3 is 2.25 bits per heavy atom. The summed E-state index contributed by atoms with van der Waals surface area (Å²) in [5.41, 5.74) is 9.76. The highest BCUT2D eigenvalue weighted by Crippen LogP contribution is 2.44. The number of halogens is 1. The molecule has 1 atom stereocenters. The molecule has 0 bridgehead atoms. The van der Waals surface area contributed by atoms with E-state index in [1.165, 1.54) is 43.4 Å². The van der Waals surface area contributed by atoms with Crippen LogP contribution < -0.4 is 0 Å². The zero-order chi connectivity index (χ0) is 14.4. The fourth-order valence-corrected chi connectivity index (χ4v) is 4.25. The lowest BCUT2D eigenvalue weighted by Crippen LogP contribution is -2.02. The molecule has 3 rings (SSSR count). The molecule has 102 valence electrons. The van der Waals surface area contributed by atoms with Crippen molar-refractivity contribution in [2.45, 2.75) is 33.6 Å². The van der Waals surface area contributed by atoms with Gasteiger partial charge >= 0.3 is 0 Å². The van der Waals surface area contributed by atoms with Gasteiger partial charge in [-0.2, -0.15) is 0 Å². The molecule has 0 heterocycles. The second kappa shape index (κ2) is 4.89. The molecular formula is C19H19Br. The smallest absolute Gasteiger partial charge is 0.0287 e. The monoisotopic (exact) mass is 326 g/mol. The van der Waals surface area contributed by atoms with Crippen molar-refractivity contribution in [1.29, 1.82) is 0 Å². The van der Waals surface area contributed by atoms with Gasteiger partial charge in [0.1, 0.15) is 0 Å². The Kier molecular flexibility index (Phi) is 3.33. The molecule has 0 aromatic heterocycles. The molecule has 2 aromatic carbocycles. The summed E-state index contributed by atoms with van der Waals surface area (Å²) in [6.45, 7) is 8.84. The molecule has 0 amide bonds. The number of rotatable bonds is 1. The van der Waals surface area contributed by atoms with Gasteiger partial charge in [-0.05, 0) is 67.2 Å². The number of aryl methyl sites for hydroxylation is 3. The van der Waals surface area contributed by atoms with E-state index in [2.05, 4.69) is 80.0 Å². The zero-order valence-electron chi connectivity index (χ0n) is 12.4. The molecule has 1 aliphatic carbocycles. The molecule has 0 fully saturated rings. The van der Waals surface area contributed by atoms with Crippen molar-refractivity contribution in [2.24, 2.45) is 0 Å². The van der Waals surface area contributed by atoms with Crippen molar-refractivity contribution in [2.75, 3.05) is 0 Å². The van der Waals surface area contributed by atoms with Crippen LogP contribution in [0.4, 0.5) is 0 Å². The first-order valence-electron chi connectivity index (χ1n) is 7.04. The lowest BCUT2D eigenvalue weighted by atomic mass is 9.86. The van der Waals surface area contributed by atoms with Crippen LogP contribution in [0.25, 0.3) is 5.57 Å². The normalized spacial score (nSPS) is 17.1. The van der Waals surface area contributed by atoms with Crippen LogP contribution in [0.1, 0.15) is 46.2 Å². The van der Waals surface area contributed by atoms with Crippen molar-refractivity contribution in [3.63, 3.8) is 0 Å². The minimum absolute atomic E-state index is 0.392. The molecule has 2 aromatic rings. The fourth-order valence-electron chi connectivity index (χ4n) is 3.56. The van der Waals surface area contributed by atoms with Crippen LogP contribution in [-0.4, -0.2) is 0 Å². The average molecular weight is 327 g/mol. The summed E-state index contributed by atoms with van der Waals surface area (Å²) in [4.78, 5) is 0. The first-order chi connectivity index (χ1) is 9.49. The molecular weight excluding hydrogens is 308 g/mol. The summed E-state index contributed by atoms with van der Waals surface area (Å²) in [6, 6.07) is 11.1. The van der Waals surface area contributed by atoms with Crippen LogP contribution in [-0.2, 0) is 0 Å². The molecule has 0 saturated heterocycles. The summed E-state index contributed by atoms with van der Waals surface area (Å²) in [7, 11) is 0. The van der Waals surface area contributed by atoms with E-state index in [0.29, 0.717) is 5.92 Å². The third-order valence-electron chi connectivity index (χ3n) is 4.24. The van der Waals surface area contributed by atoms with Gasteiger partial charge in [-0.25, -0.2) is 0 Å². The first kappa shape index (κ1) is 13.6. The molecule has 1 aliphatic rings. The van der Waals surface area contributed by atoms with Crippen LogP contribution in [0.2, 0.25) is 0 Å². The maximum atomic E-state index is 3.70. The van der Waals surface area contributed by atoms with Crippen LogP contribution in [0, 0.1) is 20.8 Å². The topological polar surface area (TPSA) is 0 Å². The maximum absolute atomic E-state index is 3.70. The van der Waals surface area contributed by atoms with Crippen LogP contribution in [0.5, 0.6) is 0 Å². The largest absolute Gasteiger partial charge is 0.0690 e. The van der Waals surface area contributed by atoms with Crippen LogP contribution >= 0.6 is 15.9 Å². The summed E-state index contributed by atoms with van der Waals surface area (Å²) < 4.78 is 1.20. The van der Waals surface area contributed by atoms with Gasteiger partial charge in [0.05, 0.1) is 0 Å². The highest BCUT2D eigenvalue weighted by molar-refractivity contribution is 9.10. The molecule has 1 unspecified atom stereocenters. The summed E-state index contributed by atoms with van der Waals surface area (Å²) >= 11 is 3.70. The third kappa shape index (κ3) is 2.05. The summed E-state index contributed by atoms with van der Waals surface area (Å²) in [5, 5.41) is 0. The highest BCUT2D eigenvalue weighted by atomic mass is 79.9. The molecule has 0 radical (unpaired) electrons. The molecule has 20 heavy (non-hydrogen) atoms. The first-order valence-corrected chi connectivity index (χ1v) is 7.83. The lowest BCUT2D eigenvalue weighted by molar-refractivity contribution is 1.00. The fraction of sp³-hybridized carbons (Fsp3) is 0.263. The Morgan fingerprint density at radius 2 is 1.60 bits per heavy atom. The van der Waals surface area contributed by atoms with E-state index in [4.69, 9.17) is 0 Å². The molecule has 1 heteroatoms. The second-order valence-corrected chi connectivity index (χ2v) is 6.70. The van der Waals surface area contributed by atoms with Crippen molar-refractivity contribution < 1.29 is 0 Å². The average Bonchev–Trinajstić information content (AvgIpc) is 2.67. The van der Waals surface area contributed by atoms with Crippen molar-refractivity contribution >= 4 is 21.5 Å². The number of allylic oxidation sites excluding steroid dienone is 2. The Morgan fingerprint density at radius 1 is 0.950 bits per heavy atom. The van der Waals surface area contributed by atoms with E-state index in [9.17, 15) is 0 Å². The maximum Gasteiger partial charge on any atom is 0.0287 e. The van der Waals surface area contributed by atoms with Gasteiger partial charge < -0.3 is 0 Å². The van der Waals surface area contributed by atoms with Gasteiger partial charge in [0, 0.05) is 10.4 Å². The van der Waals surface area contributed by atoms with E-state index >= 15 is 0 Å². The predicted octanol–water partition coefficient (Wildman–Crippen LogP) is 5.92. The van der Waals surface area contributed by atoms with E-state index in [1.54, 1.807) is 0 Å². The van der Waals surface area contributed by atoms with Gasteiger partial charge in [-0.3, -0.25) is 0 Å². The predicted molar refractivity (Wildman–Crippen MR) is 90.3 cm³/mol. The Labute approximate surface area is 129 Å². The van der Waals surface area contributed by atoms with Gasteiger partial charge in [-0.1, -0.05) is 51.8 Å². The Hall–Kier alpha value is -1.34. The molecule has 0 N–H and O–H groups in total. The molecule has 0 saturated carbocycles. The molecule has 0 spiro atoms. The van der Waals surface area contributed by atoms with E-state index in [0.717, 1.165) is 0 Å². The molecule has 0 aliphatic heterocycles. The second-order valence-electron chi connectivity index (χ2n) is 5.84. The number of fused-ring (bicyclic) bond motifs is 1. The number of hydrogen-bond acceptors (Lipinski definition) is 0. The summed E-state index contributed by atoms with van der Waals surface area (Å²) in [5.74, 6) is 0.392. The quantitative estimate of drug-likeness (QED) is 0.609. The van der Waals surface area contributed by atoms with E-state index in [1.807, 2.05) is 0 Å². The molecule has 0 nitrogen and oxygen atoms in total. The minimum atomic E-state index is 0.392. The minimum Gasteiger partial charge on any atom is -0.0690 e. The Bertz CT molecular complexity index is 700. The van der Waals surface area contributed by atoms with E-state index in [-0.39, 0.29) is 0 Å². The van der Waals surface area contributed by atoms with Crippen molar-refractivity contribution in [3.8, 4) is 0 Å². The van der Waals surface area contributed by atoms with Crippen molar-refractivity contribution in [3.05, 3.63) is 74.3 Å². The van der Waals surface area contributed by atoms with Crippen LogP contribution in [0.15, 0.2) is 40.9 Å². The van der Waals surface area contributed by atoms with Gasteiger partial charge in [0.2, 0.25) is 0 Å². The van der Waals surface area contributed by atoms with Crippen molar-refractivity contribution in [1.82, 2.24) is 0 Å². The highest BCUT2D eigenvalue weighted by Gasteiger charge is 2.26. The SMILES string of the molecule is CC1=CC(c2c(C)cc(C)cc2C)c2cccc(Br)c21. The zero-order valence-corrected chi connectivity index (χ0v) is 14.0. The van der Waals surface area contributed by atoms with Gasteiger partial charge in [0.25, 0.3) is 0 Å². The van der Waals surface area contributed by atoms with E-state index < -0.39 is 0 Å². The standard InChI is InChI=1S/C19H19Br/c1-11-8-12(2)18(13(3)9-11)16-10-14(4)19-15(16)6-5-7-17(19)20/h5-10,16H,1-4H3. The van der Waals surface area contributed by atoms with Crippen LogP contribution in [0.3, 0.4) is 0 Å². The third-order valence-corrected chi connectivity index (χ3v) is 4.90. The van der Waals surface area contributed by atoms with Gasteiger partial charge in [-0.15, -0.1) is 0 Å². The number of benzene rings is 2. The Balaban J connectivity index is 2.23.